The number of halogens is 1. The standard InChI is InChI=1S/C7H5ClN2S/c1-4-3-11-6-5(4)2-9-7(8)10-6/h2-3H,1H3. The highest BCUT2D eigenvalue weighted by Crippen LogP contribution is 2.23. The van der Waals surface area contributed by atoms with Crippen LogP contribution in [0.4, 0.5) is 0 Å². The lowest BCUT2D eigenvalue weighted by Gasteiger charge is -1.89. The van der Waals surface area contributed by atoms with E-state index in [1.165, 1.54) is 5.56 Å². The molecule has 2 aromatic rings. The molecule has 0 aliphatic carbocycles. The van der Waals surface area contributed by atoms with Crippen LogP contribution in [-0.4, -0.2) is 9.97 Å². The lowest BCUT2D eigenvalue weighted by atomic mass is 10.3. The number of fused-ring (bicyclic) bond motifs is 1. The fourth-order valence-corrected chi connectivity index (χ4v) is 1.99. The van der Waals surface area contributed by atoms with Crippen LogP contribution in [0.25, 0.3) is 10.2 Å². The number of nitrogens with zero attached hydrogens (tertiary/aromatic N) is 2. The number of rotatable bonds is 0. The van der Waals surface area contributed by atoms with Crippen molar-refractivity contribution in [2.45, 2.75) is 6.92 Å². The van der Waals surface area contributed by atoms with Gasteiger partial charge in [-0.3, -0.25) is 0 Å². The number of thiophene rings is 1. The minimum absolute atomic E-state index is 0.319. The van der Waals surface area contributed by atoms with E-state index in [0.29, 0.717) is 5.28 Å². The topological polar surface area (TPSA) is 25.8 Å². The maximum Gasteiger partial charge on any atom is 0.223 e. The molecule has 56 valence electrons. The van der Waals surface area contributed by atoms with Crippen LogP contribution in [0.5, 0.6) is 0 Å². The Balaban J connectivity index is 2.86. The van der Waals surface area contributed by atoms with Gasteiger partial charge in [0.1, 0.15) is 4.83 Å². The van der Waals surface area contributed by atoms with Crippen molar-refractivity contribution < 1.29 is 0 Å². The van der Waals surface area contributed by atoms with Gasteiger partial charge in [0, 0.05) is 11.6 Å². The summed E-state index contributed by atoms with van der Waals surface area (Å²) in [5.41, 5.74) is 1.21. The highest BCUT2D eigenvalue weighted by atomic mass is 35.5. The van der Waals surface area contributed by atoms with E-state index in [-0.39, 0.29) is 0 Å². The molecule has 0 fully saturated rings. The predicted molar refractivity (Wildman–Crippen MR) is 47.2 cm³/mol. The van der Waals surface area contributed by atoms with Gasteiger partial charge in [-0.15, -0.1) is 11.3 Å². The van der Waals surface area contributed by atoms with Gasteiger partial charge in [0.2, 0.25) is 5.28 Å². The molecule has 0 spiro atoms. The van der Waals surface area contributed by atoms with Crippen LogP contribution in [0, 0.1) is 6.92 Å². The number of aromatic nitrogens is 2. The third-order valence-electron chi connectivity index (χ3n) is 1.50. The van der Waals surface area contributed by atoms with Crippen molar-refractivity contribution in [3.05, 3.63) is 22.4 Å². The van der Waals surface area contributed by atoms with Crippen molar-refractivity contribution >= 4 is 33.2 Å². The van der Waals surface area contributed by atoms with Gasteiger partial charge < -0.3 is 0 Å². The molecular formula is C7H5ClN2S. The van der Waals surface area contributed by atoms with Crippen LogP contribution in [0.3, 0.4) is 0 Å². The van der Waals surface area contributed by atoms with Gasteiger partial charge in [-0.2, -0.15) is 0 Å². The summed E-state index contributed by atoms with van der Waals surface area (Å²) in [6.07, 6.45) is 1.76. The zero-order valence-corrected chi connectivity index (χ0v) is 7.41. The average Bonchev–Trinajstić information content (AvgIpc) is 2.32. The zero-order valence-electron chi connectivity index (χ0n) is 5.84. The van der Waals surface area contributed by atoms with E-state index in [1.54, 1.807) is 17.5 Å². The fourth-order valence-electron chi connectivity index (χ4n) is 0.914. The smallest absolute Gasteiger partial charge is 0.223 e. The molecule has 2 nitrogen and oxygen atoms in total. The van der Waals surface area contributed by atoms with Crippen molar-refractivity contribution in [2.75, 3.05) is 0 Å². The molecular weight excluding hydrogens is 180 g/mol. The van der Waals surface area contributed by atoms with E-state index in [1.807, 2.05) is 6.92 Å². The minimum Gasteiger partial charge on any atom is -0.226 e. The third-order valence-corrected chi connectivity index (χ3v) is 2.68. The second-order valence-corrected chi connectivity index (χ2v) is 3.47. The molecule has 0 amide bonds. The number of hydrogen-bond acceptors (Lipinski definition) is 3. The molecule has 0 saturated carbocycles. The molecule has 0 unspecified atom stereocenters. The van der Waals surface area contributed by atoms with Gasteiger partial charge in [-0.05, 0) is 29.5 Å². The normalized spacial score (nSPS) is 10.7. The van der Waals surface area contributed by atoms with Gasteiger partial charge in [-0.1, -0.05) is 0 Å². The summed E-state index contributed by atoms with van der Waals surface area (Å²) in [5, 5.41) is 3.47. The van der Waals surface area contributed by atoms with Crippen LogP contribution in [-0.2, 0) is 0 Å². The second kappa shape index (κ2) is 2.43. The molecule has 0 atom stereocenters. The van der Waals surface area contributed by atoms with E-state index in [4.69, 9.17) is 11.6 Å². The Labute approximate surface area is 72.9 Å². The molecule has 11 heavy (non-hydrogen) atoms. The Bertz CT molecular complexity index is 396. The Morgan fingerprint density at radius 2 is 2.36 bits per heavy atom. The first-order valence-corrected chi connectivity index (χ1v) is 4.39. The highest BCUT2D eigenvalue weighted by Gasteiger charge is 2.01. The van der Waals surface area contributed by atoms with Gasteiger partial charge in [0.15, 0.2) is 0 Å². The Kier molecular flexibility index (Phi) is 1.55. The average molecular weight is 185 g/mol. The van der Waals surface area contributed by atoms with E-state index in [9.17, 15) is 0 Å². The van der Waals surface area contributed by atoms with Crippen molar-refractivity contribution in [1.29, 1.82) is 0 Å². The zero-order chi connectivity index (χ0) is 7.84. The summed E-state index contributed by atoms with van der Waals surface area (Å²) in [7, 11) is 0. The van der Waals surface area contributed by atoms with Crippen LogP contribution in [0.15, 0.2) is 11.6 Å². The van der Waals surface area contributed by atoms with Gasteiger partial charge >= 0.3 is 0 Å². The maximum absolute atomic E-state index is 5.61. The van der Waals surface area contributed by atoms with Crippen LogP contribution in [0.1, 0.15) is 5.56 Å². The lowest BCUT2D eigenvalue weighted by molar-refractivity contribution is 1.23. The van der Waals surface area contributed by atoms with Crippen LogP contribution >= 0.6 is 22.9 Å². The summed E-state index contributed by atoms with van der Waals surface area (Å²) in [6, 6.07) is 0. The fraction of sp³-hybridized carbons (Fsp3) is 0.143. The van der Waals surface area contributed by atoms with Gasteiger partial charge in [0.25, 0.3) is 0 Å². The Morgan fingerprint density at radius 1 is 1.55 bits per heavy atom. The SMILES string of the molecule is Cc1csc2nc(Cl)ncc12. The summed E-state index contributed by atoms with van der Waals surface area (Å²) >= 11 is 7.20. The molecule has 2 heterocycles. The van der Waals surface area contributed by atoms with Crippen LogP contribution in [0.2, 0.25) is 5.28 Å². The van der Waals surface area contributed by atoms with Gasteiger partial charge in [-0.25, -0.2) is 9.97 Å². The molecule has 0 aliphatic heterocycles. The Morgan fingerprint density at radius 3 is 3.18 bits per heavy atom. The van der Waals surface area contributed by atoms with Crippen LogP contribution < -0.4 is 0 Å². The first-order chi connectivity index (χ1) is 5.27. The quantitative estimate of drug-likeness (QED) is 0.589. The molecule has 0 aromatic carbocycles. The first-order valence-electron chi connectivity index (χ1n) is 3.14. The van der Waals surface area contributed by atoms with E-state index in [2.05, 4.69) is 15.3 Å². The van der Waals surface area contributed by atoms with Crippen molar-refractivity contribution in [1.82, 2.24) is 9.97 Å². The molecule has 0 aliphatic rings. The summed E-state index contributed by atoms with van der Waals surface area (Å²) in [6.45, 7) is 2.04. The summed E-state index contributed by atoms with van der Waals surface area (Å²) in [4.78, 5) is 8.93. The van der Waals surface area contributed by atoms with Crippen molar-refractivity contribution in [2.24, 2.45) is 0 Å². The first kappa shape index (κ1) is 7.00. The molecule has 0 bridgehead atoms. The summed E-state index contributed by atoms with van der Waals surface area (Å²) < 4.78 is 0. The number of aryl methyl sites for hydroxylation is 1. The molecule has 0 saturated heterocycles. The molecule has 4 heteroatoms. The second-order valence-electron chi connectivity index (χ2n) is 2.28. The van der Waals surface area contributed by atoms with E-state index >= 15 is 0 Å². The van der Waals surface area contributed by atoms with Crippen molar-refractivity contribution in [3.63, 3.8) is 0 Å². The largest absolute Gasteiger partial charge is 0.226 e. The Hall–Kier alpha value is -0.670. The maximum atomic E-state index is 5.61. The molecule has 0 radical (unpaired) electrons. The summed E-state index contributed by atoms with van der Waals surface area (Å²) in [5.74, 6) is 0. The molecule has 2 rings (SSSR count). The van der Waals surface area contributed by atoms with Gasteiger partial charge in [0.05, 0.1) is 0 Å². The third kappa shape index (κ3) is 1.10. The minimum atomic E-state index is 0.319. The van der Waals surface area contributed by atoms with E-state index < -0.39 is 0 Å². The number of hydrogen-bond donors (Lipinski definition) is 0. The molecule has 0 N–H and O–H groups in total. The monoisotopic (exact) mass is 184 g/mol. The molecule has 2 aromatic heterocycles. The van der Waals surface area contributed by atoms with Crippen molar-refractivity contribution in [3.8, 4) is 0 Å². The highest BCUT2D eigenvalue weighted by molar-refractivity contribution is 7.16. The predicted octanol–water partition coefficient (Wildman–Crippen LogP) is 2.65. The van der Waals surface area contributed by atoms with E-state index in [0.717, 1.165) is 10.2 Å². The lowest BCUT2D eigenvalue weighted by Crippen LogP contribution is -1.79.